The minimum absolute atomic E-state index is 0.0749. The van der Waals surface area contributed by atoms with Gasteiger partial charge in [0.1, 0.15) is 6.61 Å². The van der Waals surface area contributed by atoms with Crippen molar-refractivity contribution in [2.45, 2.75) is 48.7 Å². The van der Waals surface area contributed by atoms with Crippen molar-refractivity contribution in [2.75, 3.05) is 18.8 Å². The highest BCUT2D eigenvalue weighted by atomic mass is 35.6. The van der Waals surface area contributed by atoms with Crippen LogP contribution in [0.3, 0.4) is 0 Å². The molecule has 0 fully saturated rings. The summed E-state index contributed by atoms with van der Waals surface area (Å²) in [7, 11) is 1.12. The van der Waals surface area contributed by atoms with Crippen molar-refractivity contribution in [1.29, 1.82) is 0 Å². The molecule has 0 spiro atoms. The normalized spacial score (nSPS) is 14.0. The number of aliphatic hydroxyl groups excluding tert-OH is 1. The zero-order valence-corrected chi connectivity index (χ0v) is 17.9. The summed E-state index contributed by atoms with van der Waals surface area (Å²) in [6.07, 6.45) is -8.15. The monoisotopic (exact) mass is 465 g/mol. The molecule has 0 radical (unpaired) electrons. The van der Waals surface area contributed by atoms with Gasteiger partial charge < -0.3 is 9.84 Å². The standard InChI is InChI=1S/C17H21Cl3F3NO4/c1-5-15(2,3)11-6-10(13(25)17(21,22)23)7-12(8-11)24(27-4)14(26)28-9-16(18,19)20/h6-8,13,25H,5,9H2,1-4H3. The van der Waals surface area contributed by atoms with E-state index >= 15 is 0 Å². The Kier molecular flexibility index (Phi) is 8.30. The maximum atomic E-state index is 13.0. The molecule has 1 aromatic carbocycles. The molecule has 1 amide bonds. The summed E-state index contributed by atoms with van der Waals surface area (Å²) in [4.78, 5) is 17.2. The van der Waals surface area contributed by atoms with Crippen LogP contribution < -0.4 is 5.06 Å². The predicted molar refractivity (Wildman–Crippen MR) is 102 cm³/mol. The molecule has 0 saturated carbocycles. The Morgan fingerprint density at radius 3 is 2.21 bits per heavy atom. The van der Waals surface area contributed by atoms with Crippen molar-refractivity contribution in [1.82, 2.24) is 0 Å². The third-order valence-corrected chi connectivity index (χ3v) is 4.50. The van der Waals surface area contributed by atoms with Crippen LogP contribution in [0.1, 0.15) is 44.4 Å². The van der Waals surface area contributed by atoms with E-state index in [1.54, 1.807) is 0 Å². The van der Waals surface area contributed by atoms with Crippen molar-refractivity contribution >= 4 is 46.6 Å². The molecule has 5 nitrogen and oxygen atoms in total. The average molecular weight is 467 g/mol. The third kappa shape index (κ3) is 6.84. The molecule has 1 rings (SSSR count). The second kappa shape index (κ2) is 9.26. The van der Waals surface area contributed by atoms with Crippen LogP contribution in [-0.4, -0.2) is 34.9 Å². The maximum Gasteiger partial charge on any atom is 0.438 e. The second-order valence-electron chi connectivity index (χ2n) is 6.64. The summed E-state index contributed by atoms with van der Waals surface area (Å²) in [6.45, 7) is 4.88. The molecule has 0 aromatic heterocycles. The number of aliphatic hydroxyl groups is 1. The van der Waals surface area contributed by atoms with Crippen molar-refractivity contribution in [2.24, 2.45) is 0 Å². The van der Waals surface area contributed by atoms with Gasteiger partial charge in [0, 0.05) is 0 Å². The lowest BCUT2D eigenvalue weighted by atomic mass is 9.81. The first-order chi connectivity index (χ1) is 12.6. The van der Waals surface area contributed by atoms with Crippen molar-refractivity contribution < 1.29 is 32.6 Å². The number of anilines is 1. The van der Waals surface area contributed by atoms with Gasteiger partial charge in [-0.3, -0.25) is 4.84 Å². The Labute approximate surface area is 176 Å². The SMILES string of the molecule is CCC(C)(C)c1cc(C(O)C(F)(F)F)cc(N(OC)C(=O)OCC(Cl)(Cl)Cl)c1. The van der Waals surface area contributed by atoms with Crippen LogP contribution in [0.4, 0.5) is 23.7 Å². The molecular weight excluding hydrogens is 446 g/mol. The van der Waals surface area contributed by atoms with Gasteiger partial charge in [-0.05, 0) is 35.1 Å². The van der Waals surface area contributed by atoms with Crippen LogP contribution in [0.15, 0.2) is 18.2 Å². The topological polar surface area (TPSA) is 59.0 Å². The third-order valence-electron chi connectivity index (χ3n) is 4.17. The van der Waals surface area contributed by atoms with E-state index in [4.69, 9.17) is 44.4 Å². The van der Waals surface area contributed by atoms with Gasteiger partial charge in [-0.2, -0.15) is 18.2 Å². The van der Waals surface area contributed by atoms with E-state index in [2.05, 4.69) is 0 Å². The first-order valence-electron chi connectivity index (χ1n) is 8.10. The van der Waals surface area contributed by atoms with E-state index in [1.807, 2.05) is 20.8 Å². The number of alkyl halides is 6. The van der Waals surface area contributed by atoms with Crippen molar-refractivity contribution in [3.8, 4) is 0 Å². The number of carbonyl (C=O) groups is 1. The highest BCUT2D eigenvalue weighted by Gasteiger charge is 2.40. The van der Waals surface area contributed by atoms with Gasteiger partial charge in [-0.1, -0.05) is 61.6 Å². The van der Waals surface area contributed by atoms with Crippen LogP contribution in [0.5, 0.6) is 0 Å². The Hall–Kier alpha value is -0.930. The van der Waals surface area contributed by atoms with Crippen LogP contribution in [-0.2, 0) is 15.0 Å². The molecule has 1 N–H and O–H groups in total. The first-order valence-corrected chi connectivity index (χ1v) is 9.23. The fraction of sp³-hybridized carbons (Fsp3) is 0.588. The first kappa shape index (κ1) is 25.1. The van der Waals surface area contributed by atoms with Gasteiger partial charge in [0.25, 0.3) is 0 Å². The number of hydroxylamine groups is 1. The number of ether oxygens (including phenoxy) is 1. The van der Waals surface area contributed by atoms with E-state index in [0.717, 1.165) is 13.2 Å². The van der Waals surface area contributed by atoms with Crippen LogP contribution in [0.2, 0.25) is 0 Å². The number of carbonyl (C=O) groups excluding carboxylic acids is 1. The number of rotatable bonds is 6. The van der Waals surface area contributed by atoms with Crippen LogP contribution in [0, 0.1) is 0 Å². The minimum Gasteiger partial charge on any atom is -0.443 e. The Bertz CT molecular complexity index is 693. The Morgan fingerprint density at radius 1 is 1.21 bits per heavy atom. The minimum atomic E-state index is -4.89. The van der Waals surface area contributed by atoms with Gasteiger partial charge in [-0.25, -0.2) is 4.79 Å². The molecule has 0 aliphatic heterocycles. The lowest BCUT2D eigenvalue weighted by Crippen LogP contribution is -2.33. The quantitative estimate of drug-likeness (QED) is 0.422. The number of hydrogen-bond acceptors (Lipinski definition) is 4. The van der Waals surface area contributed by atoms with Crippen molar-refractivity contribution in [3.63, 3.8) is 0 Å². The zero-order chi connectivity index (χ0) is 21.9. The van der Waals surface area contributed by atoms with E-state index < -0.39 is 39.8 Å². The largest absolute Gasteiger partial charge is 0.443 e. The number of amides is 1. The lowest BCUT2D eigenvalue weighted by Gasteiger charge is -2.28. The highest BCUT2D eigenvalue weighted by molar-refractivity contribution is 6.67. The summed E-state index contributed by atoms with van der Waals surface area (Å²) < 4.78 is 42.1. The molecule has 28 heavy (non-hydrogen) atoms. The predicted octanol–water partition coefficient (Wildman–Crippen LogP) is 5.84. The van der Waals surface area contributed by atoms with E-state index in [-0.39, 0.29) is 5.69 Å². The summed E-state index contributed by atoms with van der Waals surface area (Å²) in [5.74, 6) is 0. The second-order valence-corrected chi connectivity index (χ2v) is 9.16. The molecule has 160 valence electrons. The number of nitrogens with zero attached hydrogens (tertiary/aromatic N) is 1. The van der Waals surface area contributed by atoms with Crippen molar-refractivity contribution in [3.05, 3.63) is 29.3 Å². The molecule has 0 heterocycles. The average Bonchev–Trinajstić information content (AvgIpc) is 2.58. The molecule has 0 bridgehead atoms. The molecule has 0 aliphatic rings. The van der Waals surface area contributed by atoms with Crippen LogP contribution in [0.25, 0.3) is 0 Å². The summed E-state index contributed by atoms with van der Waals surface area (Å²) in [5.41, 5.74) is -0.606. The fourth-order valence-corrected chi connectivity index (χ4v) is 2.34. The van der Waals surface area contributed by atoms with Gasteiger partial charge >= 0.3 is 12.3 Å². The van der Waals surface area contributed by atoms with Gasteiger partial charge in [0.15, 0.2) is 6.10 Å². The molecule has 0 aliphatic carbocycles. The van der Waals surface area contributed by atoms with Gasteiger partial charge in [0.2, 0.25) is 3.79 Å². The Balaban J connectivity index is 3.42. The highest BCUT2D eigenvalue weighted by Crippen LogP contribution is 2.38. The number of benzene rings is 1. The molecule has 11 heteroatoms. The molecule has 1 unspecified atom stereocenters. The molecule has 1 atom stereocenters. The fourth-order valence-electron chi connectivity index (χ4n) is 2.18. The molecule has 1 aromatic rings. The van der Waals surface area contributed by atoms with Gasteiger partial charge in [0.05, 0.1) is 12.8 Å². The number of halogens is 6. The summed E-state index contributed by atoms with van der Waals surface area (Å²) in [5, 5.41) is 10.3. The van der Waals surface area contributed by atoms with Gasteiger partial charge in [-0.15, -0.1) is 0 Å². The maximum absolute atomic E-state index is 13.0. The molecule has 0 saturated heterocycles. The summed E-state index contributed by atoms with van der Waals surface area (Å²) in [6, 6.07) is 3.69. The number of hydrogen-bond donors (Lipinski definition) is 1. The summed E-state index contributed by atoms with van der Waals surface area (Å²) >= 11 is 16.6. The van der Waals surface area contributed by atoms with E-state index in [0.29, 0.717) is 17.0 Å². The Morgan fingerprint density at radius 2 is 1.79 bits per heavy atom. The van der Waals surface area contributed by atoms with E-state index in [1.165, 1.54) is 12.1 Å². The van der Waals surface area contributed by atoms with E-state index in [9.17, 15) is 23.1 Å². The smallest absolute Gasteiger partial charge is 0.438 e. The molecular formula is C17H21Cl3F3NO4. The lowest BCUT2D eigenvalue weighted by molar-refractivity contribution is -0.206. The zero-order valence-electron chi connectivity index (χ0n) is 15.6. The van der Waals surface area contributed by atoms with Crippen LogP contribution >= 0.6 is 34.8 Å².